The van der Waals surface area contributed by atoms with E-state index in [1.807, 2.05) is 18.2 Å². The van der Waals surface area contributed by atoms with Crippen molar-refractivity contribution in [2.45, 2.75) is 0 Å². The fraction of sp³-hybridized carbons (Fsp3) is 0. The molecule has 6 aromatic heterocycles. The highest BCUT2D eigenvalue weighted by molar-refractivity contribution is 6.31. The molecule has 25 aromatic rings. The van der Waals surface area contributed by atoms with E-state index in [0.29, 0.717) is 11.6 Å². The molecule has 25 rings (SSSR count). The molecule has 19 aromatic carbocycles. The molecule has 0 aliphatic heterocycles. The van der Waals surface area contributed by atoms with Crippen molar-refractivity contribution < 1.29 is 4.42 Å². The Morgan fingerprint density at radius 2 is 0.596 bits per heavy atom. The second-order valence-corrected chi connectivity index (χ2v) is 29.8. The average Bonchev–Trinajstić information content (AvgIpc) is 1.55. The summed E-state index contributed by atoms with van der Waals surface area (Å²) in [4.78, 5) is 21.4. The number of benzene rings is 19. The molecule has 8 nitrogen and oxygen atoms in total. The maximum atomic E-state index is 6.52. The lowest BCUT2D eigenvalue weighted by Gasteiger charge is -2.16. The first-order valence-electron chi connectivity index (χ1n) is 38.8. The van der Waals surface area contributed by atoms with Crippen LogP contribution in [0.15, 0.2) is 387 Å². The third-order valence-corrected chi connectivity index (χ3v) is 23.7. The largest absolute Gasteiger partial charge is 0.455 e. The van der Waals surface area contributed by atoms with Crippen molar-refractivity contribution in [3.8, 4) is 62.4 Å². The molecule has 0 atom stereocenters. The SMILES string of the molecule is c1ccc(-n2c3ccccc3c3cc(-c4nc(-c5ccc(-n6c7ccc8ccccc8c7c7c8ccccc8ccc76)c6ccccc56)nc5ccccc45)ccc32)cc1.c1ccc2c(c1)ccc1c2c2c3ccccc3ccc2n1-c1ccc(-c2nc(-c3cccc4c3oc3ccccc34)c3ccccc3n2)c2ccccc12. The van der Waals surface area contributed by atoms with Gasteiger partial charge in [0.15, 0.2) is 11.6 Å². The first-order valence-corrected chi connectivity index (χ1v) is 38.8. The first kappa shape index (κ1) is 63.5. The van der Waals surface area contributed by atoms with E-state index in [1.165, 1.54) is 103 Å². The van der Waals surface area contributed by atoms with Gasteiger partial charge in [-0.3, -0.25) is 0 Å². The van der Waals surface area contributed by atoms with Gasteiger partial charge in [0.25, 0.3) is 0 Å². The maximum absolute atomic E-state index is 6.52. The van der Waals surface area contributed by atoms with Crippen molar-refractivity contribution in [1.82, 2.24) is 33.6 Å². The van der Waals surface area contributed by atoms with Crippen LogP contribution in [0, 0.1) is 0 Å². The van der Waals surface area contributed by atoms with Gasteiger partial charge >= 0.3 is 0 Å². The van der Waals surface area contributed by atoms with Crippen LogP contribution in [0.3, 0.4) is 0 Å². The van der Waals surface area contributed by atoms with Crippen LogP contribution in [0.2, 0.25) is 0 Å². The van der Waals surface area contributed by atoms with Crippen molar-refractivity contribution in [2.24, 2.45) is 0 Å². The molecule has 0 radical (unpaired) electrons. The van der Waals surface area contributed by atoms with Gasteiger partial charge < -0.3 is 18.1 Å². The van der Waals surface area contributed by atoms with Crippen LogP contribution in [0.1, 0.15) is 0 Å². The quantitative estimate of drug-likeness (QED) is 0.159. The van der Waals surface area contributed by atoms with Crippen LogP contribution in [0.4, 0.5) is 0 Å². The van der Waals surface area contributed by atoms with Gasteiger partial charge in [0.1, 0.15) is 11.2 Å². The molecule has 0 amide bonds. The number of rotatable bonds is 7. The Bertz CT molecular complexity index is 8210. The molecule has 0 fully saturated rings. The third-order valence-electron chi connectivity index (χ3n) is 23.7. The summed E-state index contributed by atoms with van der Waals surface area (Å²) in [6, 6.07) is 137. The van der Waals surface area contributed by atoms with Gasteiger partial charge in [-0.05, 0) is 157 Å². The third kappa shape index (κ3) is 9.58. The number of para-hydroxylation sites is 6. The van der Waals surface area contributed by atoms with Gasteiger partial charge in [0, 0.05) is 92.6 Å². The summed E-state index contributed by atoms with van der Waals surface area (Å²) in [5.74, 6) is 1.39. The highest BCUT2D eigenvalue weighted by atomic mass is 16.3. The van der Waals surface area contributed by atoms with Gasteiger partial charge in [0.05, 0.1) is 66.9 Å². The summed E-state index contributed by atoms with van der Waals surface area (Å²) < 4.78 is 13.8. The molecular weight excluding hydrogens is 1390 g/mol. The Balaban J connectivity index is 0.000000132. The molecule has 8 heteroatoms. The monoisotopic (exact) mass is 1450 g/mol. The molecule has 0 spiro atoms. The van der Waals surface area contributed by atoms with Crippen LogP contribution >= 0.6 is 0 Å². The van der Waals surface area contributed by atoms with Crippen LogP contribution in [0.5, 0.6) is 0 Å². The lowest BCUT2D eigenvalue weighted by molar-refractivity contribution is 0.670. The Morgan fingerprint density at radius 3 is 1.11 bits per heavy atom. The summed E-state index contributed by atoms with van der Waals surface area (Å²) in [7, 11) is 0. The second-order valence-electron chi connectivity index (χ2n) is 29.8. The Morgan fingerprint density at radius 1 is 0.211 bits per heavy atom. The Hall–Kier alpha value is -15.4. The Labute approximate surface area is 652 Å². The number of hydrogen-bond acceptors (Lipinski definition) is 5. The fourth-order valence-electron chi connectivity index (χ4n) is 18.7. The van der Waals surface area contributed by atoms with Crippen molar-refractivity contribution in [1.29, 1.82) is 0 Å². The number of aromatic nitrogens is 7. The van der Waals surface area contributed by atoms with E-state index < -0.39 is 0 Å². The minimum Gasteiger partial charge on any atom is -0.455 e. The predicted octanol–water partition coefficient (Wildman–Crippen LogP) is 28.0. The molecule has 0 bridgehead atoms. The lowest BCUT2D eigenvalue weighted by Crippen LogP contribution is -1.99. The normalized spacial score (nSPS) is 12.0. The molecule has 0 unspecified atom stereocenters. The standard InChI is InChI=1S/C56H34N4.C50H29N3O/c1-2-16-38(17-3-1)59-48-25-13-11-22-43(48)46-34-37(28-30-50(46)59)55-45-23-10-12-24-47(45)57-56(58-55)44-29-33-49(42-21-9-8-20-41(42)44)60-51-31-26-35-14-4-6-18-39(35)53(51)54-40-19-7-5-15-36(40)27-32-52(54)60;1-3-14-32-30(12-1)24-27-43-46(32)47-33-15-4-2-13-31(33)25-28-44(47)53(43)42-29-26-38(34-16-5-6-17-35(34)42)50-51-41-22-9-7-19-39(41)48(52-50)40-21-11-20-37-36-18-8-10-23-45(36)54-49(37)40/h1-34H;1-29H. The summed E-state index contributed by atoms with van der Waals surface area (Å²) in [5, 5.41) is 26.1. The number of nitrogens with zero attached hydrogens (tertiary/aromatic N) is 7. The van der Waals surface area contributed by atoms with Gasteiger partial charge in [-0.2, -0.15) is 0 Å². The van der Waals surface area contributed by atoms with E-state index in [2.05, 4.69) is 378 Å². The minimum atomic E-state index is 0.679. The summed E-state index contributed by atoms with van der Waals surface area (Å²) in [5.41, 5.74) is 19.7. The maximum Gasteiger partial charge on any atom is 0.161 e. The minimum absolute atomic E-state index is 0.679. The summed E-state index contributed by atoms with van der Waals surface area (Å²) >= 11 is 0. The van der Waals surface area contributed by atoms with Gasteiger partial charge in [-0.25, -0.2) is 19.9 Å². The van der Waals surface area contributed by atoms with Crippen molar-refractivity contribution in [3.63, 3.8) is 0 Å². The molecule has 114 heavy (non-hydrogen) atoms. The smallest absolute Gasteiger partial charge is 0.161 e. The van der Waals surface area contributed by atoms with Gasteiger partial charge in [-0.15, -0.1) is 0 Å². The second kappa shape index (κ2) is 25.1. The number of hydrogen-bond donors (Lipinski definition) is 0. The van der Waals surface area contributed by atoms with Crippen molar-refractivity contribution >= 4 is 174 Å². The zero-order chi connectivity index (χ0) is 74.6. The van der Waals surface area contributed by atoms with Crippen LogP contribution in [-0.4, -0.2) is 33.6 Å². The predicted molar refractivity (Wildman–Crippen MR) is 476 cm³/mol. The van der Waals surface area contributed by atoms with Crippen LogP contribution in [0.25, 0.3) is 236 Å². The summed E-state index contributed by atoms with van der Waals surface area (Å²) in [6.07, 6.45) is 0. The fourth-order valence-corrected chi connectivity index (χ4v) is 18.7. The molecule has 0 saturated heterocycles. The van der Waals surface area contributed by atoms with E-state index in [9.17, 15) is 0 Å². The molecule has 6 heterocycles. The molecule has 0 aliphatic carbocycles. The zero-order valence-corrected chi connectivity index (χ0v) is 61.4. The van der Waals surface area contributed by atoms with Gasteiger partial charge in [0.2, 0.25) is 0 Å². The molecule has 0 N–H and O–H groups in total. The zero-order valence-electron chi connectivity index (χ0n) is 61.4. The average molecular weight is 1450 g/mol. The van der Waals surface area contributed by atoms with E-state index >= 15 is 0 Å². The first-order chi connectivity index (χ1) is 56.6. The van der Waals surface area contributed by atoms with Crippen molar-refractivity contribution in [3.05, 3.63) is 382 Å². The van der Waals surface area contributed by atoms with Gasteiger partial charge in [-0.1, -0.05) is 279 Å². The van der Waals surface area contributed by atoms with E-state index in [4.69, 9.17) is 24.4 Å². The topological polar surface area (TPSA) is 79.5 Å². The molecule has 0 aliphatic rings. The number of furan rings is 1. The molecular formula is C106H63N7O. The highest BCUT2D eigenvalue weighted by Crippen LogP contribution is 2.48. The highest BCUT2D eigenvalue weighted by Gasteiger charge is 2.26. The van der Waals surface area contributed by atoms with Crippen LogP contribution in [-0.2, 0) is 0 Å². The Kier molecular flexibility index (Phi) is 14.0. The molecule has 528 valence electrons. The number of fused-ring (bicyclic) bond motifs is 24. The molecule has 0 saturated carbocycles. The van der Waals surface area contributed by atoms with E-state index in [1.54, 1.807) is 0 Å². The van der Waals surface area contributed by atoms with Crippen molar-refractivity contribution in [2.75, 3.05) is 0 Å². The van der Waals surface area contributed by atoms with E-state index in [0.717, 1.165) is 122 Å². The summed E-state index contributed by atoms with van der Waals surface area (Å²) in [6.45, 7) is 0. The lowest BCUT2D eigenvalue weighted by atomic mass is 10.00. The van der Waals surface area contributed by atoms with Crippen LogP contribution < -0.4 is 0 Å². The van der Waals surface area contributed by atoms with E-state index in [-0.39, 0.29) is 0 Å².